The molecule has 5 nitrogen and oxygen atoms in total. The van der Waals surface area contributed by atoms with Gasteiger partial charge in [-0.25, -0.2) is 8.42 Å². The summed E-state index contributed by atoms with van der Waals surface area (Å²) in [5, 5.41) is 2.88. The number of nitrogens with zero attached hydrogens (tertiary/aromatic N) is 1. The van der Waals surface area contributed by atoms with Crippen LogP contribution < -0.4 is 5.32 Å². The van der Waals surface area contributed by atoms with E-state index in [2.05, 4.69) is 10.3 Å². The largest absolute Gasteiger partial charge is 0.322 e. The second-order valence-electron chi connectivity index (χ2n) is 6.47. The molecular weight excluding hydrogens is 360 g/mol. The van der Waals surface area contributed by atoms with E-state index in [1.54, 1.807) is 30.5 Å². The molecule has 138 valence electrons. The molecule has 0 radical (unpaired) electrons. The van der Waals surface area contributed by atoms with Gasteiger partial charge in [-0.1, -0.05) is 24.3 Å². The zero-order valence-corrected chi connectivity index (χ0v) is 16.0. The van der Waals surface area contributed by atoms with Crippen LogP contribution in [0.4, 0.5) is 5.69 Å². The summed E-state index contributed by atoms with van der Waals surface area (Å²) in [5.41, 5.74) is 4.66. The number of carbonyl (C=O) groups excluding carboxylic acids is 1. The summed E-state index contributed by atoms with van der Waals surface area (Å²) < 4.78 is 22.7. The predicted octanol–water partition coefficient (Wildman–Crippen LogP) is 3.85. The van der Waals surface area contributed by atoms with E-state index in [-0.39, 0.29) is 11.7 Å². The first-order valence-electron chi connectivity index (χ1n) is 8.42. The topological polar surface area (TPSA) is 76.1 Å². The molecule has 1 amide bonds. The van der Waals surface area contributed by atoms with Gasteiger partial charge in [-0.3, -0.25) is 9.78 Å². The lowest BCUT2D eigenvalue weighted by atomic mass is 10.0. The Bertz CT molecular complexity index is 1060. The Morgan fingerprint density at radius 2 is 1.78 bits per heavy atom. The van der Waals surface area contributed by atoms with Gasteiger partial charge in [0, 0.05) is 29.3 Å². The van der Waals surface area contributed by atoms with E-state index in [1.807, 2.05) is 43.3 Å². The number of rotatable bonds is 5. The van der Waals surface area contributed by atoms with E-state index in [0.717, 1.165) is 16.8 Å². The Labute approximate surface area is 159 Å². The molecule has 0 bridgehead atoms. The Kier molecular flexibility index (Phi) is 5.37. The SMILES string of the molecule is Cc1ccc(NC(=O)c2ccc(CS(C)(=O)=O)cc2)cc1-c1ccccn1. The Hall–Kier alpha value is -2.99. The minimum absolute atomic E-state index is 0.0414. The number of anilines is 1. The summed E-state index contributed by atoms with van der Waals surface area (Å²) >= 11 is 0. The van der Waals surface area contributed by atoms with Gasteiger partial charge in [0.25, 0.3) is 5.91 Å². The molecule has 1 aromatic heterocycles. The highest BCUT2D eigenvalue weighted by Gasteiger charge is 2.10. The van der Waals surface area contributed by atoms with Gasteiger partial charge < -0.3 is 5.32 Å². The number of hydrogen-bond donors (Lipinski definition) is 1. The van der Waals surface area contributed by atoms with Crippen molar-refractivity contribution >= 4 is 21.4 Å². The fourth-order valence-electron chi connectivity index (χ4n) is 2.76. The van der Waals surface area contributed by atoms with Crippen molar-refractivity contribution in [1.29, 1.82) is 0 Å². The second-order valence-corrected chi connectivity index (χ2v) is 8.61. The zero-order valence-electron chi connectivity index (χ0n) is 15.1. The van der Waals surface area contributed by atoms with Gasteiger partial charge in [-0.2, -0.15) is 0 Å². The molecule has 3 aromatic rings. The van der Waals surface area contributed by atoms with Gasteiger partial charge in [0.05, 0.1) is 11.4 Å². The quantitative estimate of drug-likeness (QED) is 0.729. The predicted molar refractivity (Wildman–Crippen MR) is 107 cm³/mol. The van der Waals surface area contributed by atoms with Gasteiger partial charge in [-0.05, 0) is 54.4 Å². The van der Waals surface area contributed by atoms with Crippen molar-refractivity contribution in [2.24, 2.45) is 0 Å². The molecular formula is C21H20N2O3S. The average Bonchev–Trinajstić information content (AvgIpc) is 2.63. The minimum Gasteiger partial charge on any atom is -0.322 e. The third kappa shape index (κ3) is 5.01. The number of carbonyl (C=O) groups is 1. The molecule has 6 heteroatoms. The summed E-state index contributed by atoms with van der Waals surface area (Å²) in [6.45, 7) is 2.00. The number of aromatic nitrogens is 1. The lowest BCUT2D eigenvalue weighted by Crippen LogP contribution is -2.12. The van der Waals surface area contributed by atoms with E-state index in [1.165, 1.54) is 6.26 Å². The monoisotopic (exact) mass is 380 g/mol. The summed E-state index contributed by atoms with van der Waals surface area (Å²) in [6, 6.07) is 18.0. The summed E-state index contributed by atoms with van der Waals surface area (Å²) in [5.74, 6) is -0.294. The Balaban J connectivity index is 1.78. The lowest BCUT2D eigenvalue weighted by molar-refractivity contribution is 0.102. The van der Waals surface area contributed by atoms with Gasteiger partial charge in [0.2, 0.25) is 0 Å². The van der Waals surface area contributed by atoms with Gasteiger partial charge in [0.15, 0.2) is 9.84 Å². The molecule has 0 spiro atoms. The number of aryl methyl sites for hydroxylation is 1. The molecule has 3 rings (SSSR count). The lowest BCUT2D eigenvalue weighted by Gasteiger charge is -2.10. The van der Waals surface area contributed by atoms with Crippen LogP contribution in [0.3, 0.4) is 0 Å². The van der Waals surface area contributed by atoms with Crippen LogP contribution in [0, 0.1) is 6.92 Å². The van der Waals surface area contributed by atoms with Crippen molar-refractivity contribution in [2.45, 2.75) is 12.7 Å². The van der Waals surface area contributed by atoms with Crippen LogP contribution in [0.1, 0.15) is 21.5 Å². The molecule has 2 aromatic carbocycles. The molecule has 0 unspecified atom stereocenters. The third-order valence-corrected chi connectivity index (χ3v) is 4.94. The maximum Gasteiger partial charge on any atom is 0.255 e. The van der Waals surface area contributed by atoms with Crippen LogP contribution in [-0.4, -0.2) is 25.6 Å². The van der Waals surface area contributed by atoms with E-state index >= 15 is 0 Å². The van der Waals surface area contributed by atoms with E-state index in [0.29, 0.717) is 16.8 Å². The van der Waals surface area contributed by atoms with Crippen molar-refractivity contribution in [3.8, 4) is 11.3 Å². The van der Waals surface area contributed by atoms with Crippen molar-refractivity contribution < 1.29 is 13.2 Å². The van der Waals surface area contributed by atoms with Crippen LogP contribution in [-0.2, 0) is 15.6 Å². The smallest absolute Gasteiger partial charge is 0.255 e. The number of sulfone groups is 1. The van der Waals surface area contributed by atoms with Crippen LogP contribution in [0.25, 0.3) is 11.3 Å². The third-order valence-electron chi connectivity index (χ3n) is 4.08. The first-order valence-corrected chi connectivity index (χ1v) is 10.5. The summed E-state index contributed by atoms with van der Waals surface area (Å²) in [7, 11) is -3.10. The second kappa shape index (κ2) is 7.72. The number of nitrogens with one attached hydrogen (secondary N) is 1. The highest BCUT2D eigenvalue weighted by atomic mass is 32.2. The molecule has 0 aliphatic heterocycles. The number of amides is 1. The molecule has 1 N–H and O–H groups in total. The van der Waals surface area contributed by atoms with Crippen molar-refractivity contribution in [3.05, 3.63) is 83.6 Å². The van der Waals surface area contributed by atoms with Crippen LogP contribution in [0.15, 0.2) is 66.9 Å². The highest BCUT2D eigenvalue weighted by Crippen LogP contribution is 2.25. The molecule has 0 fully saturated rings. The first-order chi connectivity index (χ1) is 12.8. The van der Waals surface area contributed by atoms with Crippen LogP contribution in [0.2, 0.25) is 0 Å². The Morgan fingerprint density at radius 3 is 2.41 bits per heavy atom. The summed E-state index contributed by atoms with van der Waals surface area (Å²) in [4.78, 5) is 16.9. The number of benzene rings is 2. The number of hydrogen-bond acceptors (Lipinski definition) is 4. The van der Waals surface area contributed by atoms with Crippen LogP contribution in [0.5, 0.6) is 0 Å². The van der Waals surface area contributed by atoms with E-state index in [9.17, 15) is 13.2 Å². The summed E-state index contributed by atoms with van der Waals surface area (Å²) in [6.07, 6.45) is 2.92. The van der Waals surface area contributed by atoms with Gasteiger partial charge in [-0.15, -0.1) is 0 Å². The van der Waals surface area contributed by atoms with Crippen molar-refractivity contribution in [1.82, 2.24) is 4.98 Å². The molecule has 27 heavy (non-hydrogen) atoms. The zero-order chi connectivity index (χ0) is 19.4. The minimum atomic E-state index is -3.10. The van der Waals surface area contributed by atoms with Gasteiger partial charge in [0.1, 0.15) is 0 Å². The van der Waals surface area contributed by atoms with E-state index < -0.39 is 9.84 Å². The molecule has 0 aliphatic rings. The molecule has 0 aliphatic carbocycles. The fraction of sp³-hybridized carbons (Fsp3) is 0.143. The normalized spacial score (nSPS) is 11.2. The maximum atomic E-state index is 12.5. The first kappa shape index (κ1) is 18.8. The molecule has 0 saturated heterocycles. The number of pyridine rings is 1. The fourth-order valence-corrected chi connectivity index (χ4v) is 3.55. The van der Waals surface area contributed by atoms with Gasteiger partial charge >= 0.3 is 0 Å². The Morgan fingerprint density at radius 1 is 1.04 bits per heavy atom. The van der Waals surface area contributed by atoms with Crippen LogP contribution >= 0.6 is 0 Å². The molecule has 0 atom stereocenters. The van der Waals surface area contributed by atoms with Crippen molar-refractivity contribution in [3.63, 3.8) is 0 Å². The molecule has 0 saturated carbocycles. The highest BCUT2D eigenvalue weighted by molar-refractivity contribution is 7.89. The maximum absolute atomic E-state index is 12.5. The van der Waals surface area contributed by atoms with E-state index in [4.69, 9.17) is 0 Å². The molecule has 1 heterocycles. The van der Waals surface area contributed by atoms with Crippen molar-refractivity contribution in [2.75, 3.05) is 11.6 Å². The average molecular weight is 380 g/mol. The standard InChI is InChI=1S/C21H20N2O3S/c1-15-6-11-18(13-19(15)20-5-3-4-12-22-20)23-21(24)17-9-7-16(8-10-17)14-27(2,25)26/h3-13H,14H2,1-2H3,(H,23,24).